The Kier molecular flexibility index (Phi) is 4.32. The van der Waals surface area contributed by atoms with Crippen molar-refractivity contribution in [2.45, 2.75) is 51.4 Å². The number of rotatable bonds is 2. The summed E-state index contributed by atoms with van der Waals surface area (Å²) in [5, 5.41) is 0. The van der Waals surface area contributed by atoms with Gasteiger partial charge in [-0.3, -0.25) is 19.4 Å². The van der Waals surface area contributed by atoms with Crippen molar-refractivity contribution in [2.24, 2.45) is 0 Å². The van der Waals surface area contributed by atoms with Crippen molar-refractivity contribution in [3.63, 3.8) is 0 Å². The molecule has 9 heteroatoms. The number of nitrogens with zero attached hydrogens (tertiary/aromatic N) is 3. The molecule has 0 radical (unpaired) electrons. The van der Waals surface area contributed by atoms with Gasteiger partial charge < -0.3 is 15.6 Å². The molecule has 1 fully saturated rings. The van der Waals surface area contributed by atoms with Crippen LogP contribution >= 0.6 is 0 Å². The lowest BCUT2D eigenvalue weighted by Gasteiger charge is -2.39. The maximum absolute atomic E-state index is 12.8. The number of hydrogen-bond acceptors (Lipinski definition) is 6. The monoisotopic (exact) mass is 384 g/mol. The molecule has 9 nitrogen and oxygen atoms in total. The molecule has 3 heterocycles. The lowest BCUT2D eigenvalue weighted by Crippen LogP contribution is -2.45. The quantitative estimate of drug-likeness (QED) is 0.671. The number of nitrogens with two attached hydrogens (primary N) is 1. The number of carbonyl (C=O) groups is 1. The van der Waals surface area contributed by atoms with Gasteiger partial charge in [0, 0.05) is 35.3 Å². The molecule has 4 rings (SSSR count). The average Bonchev–Trinajstić information content (AvgIpc) is 2.97. The van der Waals surface area contributed by atoms with Gasteiger partial charge in [0.1, 0.15) is 5.82 Å². The number of fused-ring (bicyclic) bond motifs is 2. The Balaban J connectivity index is 1.50. The summed E-state index contributed by atoms with van der Waals surface area (Å²) in [6, 6.07) is 0. The van der Waals surface area contributed by atoms with E-state index in [9.17, 15) is 14.4 Å². The SMILES string of the molecule is Cc1nc(C)c(CC(=O)N2CCC3(CCc4c3nc(N)[nH]c4=O)CC2)c(=O)[nH]1. The number of piperidine rings is 1. The van der Waals surface area contributed by atoms with Crippen LogP contribution in [0.5, 0.6) is 0 Å². The first-order valence-electron chi connectivity index (χ1n) is 9.52. The van der Waals surface area contributed by atoms with E-state index in [0.29, 0.717) is 36.6 Å². The molecule has 2 aromatic rings. The zero-order valence-corrected chi connectivity index (χ0v) is 16.1. The van der Waals surface area contributed by atoms with Gasteiger partial charge in [-0.25, -0.2) is 9.97 Å². The Labute approximate surface area is 161 Å². The normalized spacial score (nSPS) is 17.7. The van der Waals surface area contributed by atoms with Crippen LogP contribution in [-0.2, 0) is 23.1 Å². The maximum atomic E-state index is 12.8. The molecule has 2 aromatic heterocycles. The van der Waals surface area contributed by atoms with Crippen molar-refractivity contribution in [1.29, 1.82) is 0 Å². The predicted octanol–water partition coefficient (Wildman–Crippen LogP) is 0.101. The molecule has 0 saturated carbocycles. The summed E-state index contributed by atoms with van der Waals surface area (Å²) in [4.78, 5) is 52.8. The van der Waals surface area contributed by atoms with Gasteiger partial charge in [-0.1, -0.05) is 0 Å². The number of hydrogen-bond donors (Lipinski definition) is 3. The van der Waals surface area contributed by atoms with Crippen LogP contribution < -0.4 is 16.9 Å². The van der Waals surface area contributed by atoms with Gasteiger partial charge in [-0.05, 0) is 39.5 Å². The largest absolute Gasteiger partial charge is 0.369 e. The molecule has 1 aliphatic carbocycles. The molecule has 0 unspecified atom stereocenters. The van der Waals surface area contributed by atoms with Gasteiger partial charge in [0.2, 0.25) is 11.9 Å². The van der Waals surface area contributed by atoms with Crippen molar-refractivity contribution in [3.8, 4) is 0 Å². The molecule has 0 bridgehead atoms. The third kappa shape index (κ3) is 3.00. The molecule has 1 amide bonds. The number of aryl methyl sites for hydroxylation is 2. The highest BCUT2D eigenvalue weighted by Gasteiger charge is 2.44. The number of aromatic nitrogens is 4. The number of nitrogens with one attached hydrogen (secondary N) is 2. The predicted molar refractivity (Wildman–Crippen MR) is 103 cm³/mol. The van der Waals surface area contributed by atoms with E-state index in [0.717, 1.165) is 30.5 Å². The summed E-state index contributed by atoms with van der Waals surface area (Å²) in [5.74, 6) is 0.607. The van der Waals surface area contributed by atoms with Crippen LogP contribution in [0.25, 0.3) is 0 Å². The minimum absolute atomic E-state index is 0.0445. The van der Waals surface area contributed by atoms with Gasteiger partial charge in [-0.15, -0.1) is 0 Å². The zero-order valence-electron chi connectivity index (χ0n) is 16.1. The van der Waals surface area contributed by atoms with E-state index in [2.05, 4.69) is 19.9 Å². The highest BCUT2D eigenvalue weighted by molar-refractivity contribution is 5.79. The summed E-state index contributed by atoms with van der Waals surface area (Å²) in [6.07, 6.45) is 3.06. The summed E-state index contributed by atoms with van der Waals surface area (Å²) in [5.41, 5.74) is 7.69. The van der Waals surface area contributed by atoms with Gasteiger partial charge in [0.25, 0.3) is 11.1 Å². The molecule has 2 aliphatic rings. The van der Waals surface area contributed by atoms with Crippen LogP contribution in [0, 0.1) is 13.8 Å². The summed E-state index contributed by atoms with van der Waals surface area (Å²) in [7, 11) is 0. The van der Waals surface area contributed by atoms with Crippen molar-refractivity contribution >= 4 is 11.9 Å². The molecule has 1 spiro atoms. The number of aromatic amines is 2. The van der Waals surface area contributed by atoms with Crippen molar-refractivity contribution in [3.05, 3.63) is 49.0 Å². The van der Waals surface area contributed by atoms with E-state index in [1.165, 1.54) is 0 Å². The number of nitrogen functional groups attached to an aromatic ring is 1. The van der Waals surface area contributed by atoms with Gasteiger partial charge in [0.05, 0.1) is 12.1 Å². The molecule has 1 saturated heterocycles. The van der Waals surface area contributed by atoms with Crippen LogP contribution in [0.1, 0.15) is 47.6 Å². The second-order valence-electron chi connectivity index (χ2n) is 7.83. The topological polar surface area (TPSA) is 138 Å². The zero-order chi connectivity index (χ0) is 20.1. The van der Waals surface area contributed by atoms with E-state index in [4.69, 9.17) is 5.73 Å². The molecular formula is C19H24N6O3. The van der Waals surface area contributed by atoms with Crippen molar-refractivity contribution in [2.75, 3.05) is 18.8 Å². The van der Waals surface area contributed by atoms with Crippen LogP contribution in [0.2, 0.25) is 0 Å². The number of likely N-dealkylation sites (tertiary alicyclic amines) is 1. The van der Waals surface area contributed by atoms with Gasteiger partial charge in [0.15, 0.2) is 0 Å². The Morgan fingerprint density at radius 1 is 1.11 bits per heavy atom. The first kappa shape index (κ1) is 18.4. The van der Waals surface area contributed by atoms with Gasteiger partial charge in [-0.2, -0.15) is 0 Å². The third-order valence-corrected chi connectivity index (χ3v) is 6.13. The standard InChI is InChI=1S/C19H24N6O3/c1-10-13(17(28)22-11(2)21-10)9-14(26)25-7-5-19(6-8-25)4-3-12-15(19)23-18(20)24-16(12)27/h3-9H2,1-2H3,(H,21,22,28)(H3,20,23,24,27). The first-order valence-corrected chi connectivity index (χ1v) is 9.52. The van der Waals surface area contributed by atoms with Crippen LogP contribution in [0.15, 0.2) is 9.59 Å². The lowest BCUT2D eigenvalue weighted by atomic mass is 9.76. The minimum atomic E-state index is -0.254. The highest BCUT2D eigenvalue weighted by Crippen LogP contribution is 2.44. The molecule has 0 aromatic carbocycles. The molecule has 1 aliphatic heterocycles. The van der Waals surface area contributed by atoms with Crippen LogP contribution in [-0.4, -0.2) is 43.8 Å². The van der Waals surface area contributed by atoms with E-state index < -0.39 is 0 Å². The third-order valence-electron chi connectivity index (χ3n) is 6.13. The minimum Gasteiger partial charge on any atom is -0.369 e. The van der Waals surface area contributed by atoms with Crippen molar-refractivity contribution < 1.29 is 4.79 Å². The Hall–Kier alpha value is -2.97. The molecule has 148 valence electrons. The van der Waals surface area contributed by atoms with E-state index in [1.807, 2.05) is 0 Å². The van der Waals surface area contributed by atoms with Crippen LogP contribution in [0.4, 0.5) is 5.95 Å². The smallest absolute Gasteiger partial charge is 0.255 e. The highest BCUT2D eigenvalue weighted by atomic mass is 16.2. The molecule has 0 atom stereocenters. The maximum Gasteiger partial charge on any atom is 0.255 e. The molecule has 28 heavy (non-hydrogen) atoms. The number of anilines is 1. The van der Waals surface area contributed by atoms with E-state index in [-0.39, 0.29) is 34.8 Å². The summed E-state index contributed by atoms with van der Waals surface area (Å²) >= 11 is 0. The second kappa shape index (κ2) is 6.57. The number of amides is 1. The van der Waals surface area contributed by atoms with Crippen molar-refractivity contribution in [1.82, 2.24) is 24.8 Å². The number of H-pyrrole nitrogens is 2. The van der Waals surface area contributed by atoms with E-state index in [1.54, 1.807) is 18.7 Å². The fraction of sp³-hybridized carbons (Fsp3) is 0.526. The Morgan fingerprint density at radius 3 is 2.50 bits per heavy atom. The lowest BCUT2D eigenvalue weighted by molar-refractivity contribution is -0.132. The molecular weight excluding hydrogens is 360 g/mol. The Bertz CT molecular complexity index is 1060. The summed E-state index contributed by atoms with van der Waals surface area (Å²) in [6.45, 7) is 4.61. The fourth-order valence-electron chi connectivity index (χ4n) is 4.56. The fourth-order valence-corrected chi connectivity index (χ4v) is 4.56. The number of carbonyl (C=O) groups excluding carboxylic acids is 1. The van der Waals surface area contributed by atoms with Crippen LogP contribution in [0.3, 0.4) is 0 Å². The molecule has 4 N–H and O–H groups in total. The Morgan fingerprint density at radius 2 is 1.82 bits per heavy atom. The summed E-state index contributed by atoms with van der Waals surface area (Å²) < 4.78 is 0. The van der Waals surface area contributed by atoms with Gasteiger partial charge >= 0.3 is 0 Å². The average molecular weight is 384 g/mol. The first-order chi connectivity index (χ1) is 13.3. The second-order valence-corrected chi connectivity index (χ2v) is 7.83. The van der Waals surface area contributed by atoms with E-state index >= 15 is 0 Å².